The molecule has 4 nitrogen and oxygen atoms in total. The van der Waals surface area contributed by atoms with Crippen molar-refractivity contribution in [3.8, 4) is 0 Å². The number of hydrogen-bond donors (Lipinski definition) is 1. The summed E-state index contributed by atoms with van der Waals surface area (Å²) in [5.41, 5.74) is 0.296. The molecule has 1 N–H and O–H groups in total. The highest BCUT2D eigenvalue weighted by atomic mass is 35.5. The van der Waals surface area contributed by atoms with Crippen molar-refractivity contribution < 1.29 is 13.6 Å². The number of nitrogens with one attached hydrogen (secondary N) is 1. The largest absolute Gasteiger partial charge is 0.361 e. The molecule has 1 amide bonds. The van der Waals surface area contributed by atoms with Crippen molar-refractivity contribution in [1.82, 2.24) is 15.2 Å². The average molecular weight is 536 g/mol. The van der Waals surface area contributed by atoms with Gasteiger partial charge in [0.2, 0.25) is 0 Å². The van der Waals surface area contributed by atoms with Gasteiger partial charge in [-0.25, -0.2) is 8.78 Å². The lowest BCUT2D eigenvalue weighted by Gasteiger charge is -2.77. The molecule has 1 aliphatic rings. The zero-order valence-electron chi connectivity index (χ0n) is 25.9. The van der Waals surface area contributed by atoms with Crippen LogP contribution < -0.4 is 5.32 Å². The molecule has 1 aromatic carbocycles. The van der Waals surface area contributed by atoms with Crippen LogP contribution in [0.15, 0.2) is 36.5 Å². The molecule has 0 bridgehead atoms. The summed E-state index contributed by atoms with van der Waals surface area (Å²) in [7, 11) is 23.2. The summed E-state index contributed by atoms with van der Waals surface area (Å²) in [5, 5.41) is -2.25. The minimum atomic E-state index is -1.85. The number of carbonyl (C=O) groups is 1. The van der Waals surface area contributed by atoms with Crippen molar-refractivity contribution in [1.29, 1.82) is 0 Å². The summed E-state index contributed by atoms with van der Waals surface area (Å²) in [6.07, 6.45) is 1.82. The summed E-state index contributed by atoms with van der Waals surface area (Å²) < 4.78 is 32.6. The van der Waals surface area contributed by atoms with Crippen LogP contribution in [-0.4, -0.2) is 132 Å². The molecule has 1 aromatic heterocycles. The highest BCUT2D eigenvalue weighted by molar-refractivity contribution is 6.64. The van der Waals surface area contributed by atoms with E-state index in [-0.39, 0.29) is 16.5 Å². The molecule has 0 unspecified atom stereocenters. The minimum absolute atomic E-state index is 0.121. The number of aromatic nitrogens is 1. The van der Waals surface area contributed by atoms with Gasteiger partial charge < -0.3 is 10.2 Å². The third-order valence-corrected chi connectivity index (χ3v) is 10.6. The third-order valence-electron chi connectivity index (χ3n) is 10.3. The van der Waals surface area contributed by atoms with Crippen LogP contribution in [0.4, 0.5) is 8.78 Å². The number of pyridine rings is 1. The quantitative estimate of drug-likeness (QED) is 0.387. The molecule has 192 valence electrons. The summed E-state index contributed by atoms with van der Waals surface area (Å²) in [6.45, 7) is 1.99. The Labute approximate surface area is 248 Å². The minimum Gasteiger partial charge on any atom is -0.361 e. The van der Waals surface area contributed by atoms with Gasteiger partial charge in [-0.1, -0.05) is 17.7 Å². The topological polar surface area (TPSA) is 45.2 Å². The first-order chi connectivity index (χ1) is 17.4. The summed E-state index contributed by atoms with van der Waals surface area (Å²) in [5.74, 6) is -0.905. The van der Waals surface area contributed by atoms with E-state index in [2.05, 4.69) is 10.3 Å². The Bertz CT molecular complexity index is 1270. The van der Waals surface area contributed by atoms with Gasteiger partial charge in [-0.3, -0.25) is 9.78 Å². The second-order valence-electron chi connectivity index (χ2n) is 14.4. The Morgan fingerprint density at radius 3 is 1.90 bits per heavy atom. The predicted octanol–water partition coefficient (Wildman–Crippen LogP) is -8.46. The van der Waals surface area contributed by atoms with Gasteiger partial charge >= 0.3 is 0 Å². The number of rotatable bonds is 5. The molecular formula is C20H34B12ClF2N3O. The van der Waals surface area contributed by atoms with Crippen molar-refractivity contribution in [3.05, 3.63) is 64.2 Å². The second kappa shape index (κ2) is 9.64. The van der Waals surface area contributed by atoms with Gasteiger partial charge in [-0.15, -0.1) is 0 Å². The SMILES string of the molecule is BC(B)(NC(B)(B)C1(F)C(B)(B)C(B)(B)N(C(=O)c2ccc(F)c(Cl)c2)C(B)(B)C1(B)B)c1ccc(C)cn1. The van der Waals surface area contributed by atoms with Crippen molar-refractivity contribution in [2.45, 2.75) is 44.4 Å². The average Bonchev–Trinajstić information content (AvgIpc) is 2.78. The number of carbonyl (C=O) groups excluding carboxylic acids is 1. The van der Waals surface area contributed by atoms with Crippen LogP contribution >= 0.6 is 11.6 Å². The lowest BCUT2D eigenvalue weighted by atomic mass is 9.11. The van der Waals surface area contributed by atoms with E-state index >= 15 is 4.39 Å². The molecule has 0 saturated carbocycles. The van der Waals surface area contributed by atoms with Crippen LogP contribution in [0.2, 0.25) is 15.5 Å². The zero-order valence-corrected chi connectivity index (χ0v) is 26.7. The van der Waals surface area contributed by atoms with Gasteiger partial charge in [0.05, 0.1) is 10.7 Å². The van der Waals surface area contributed by atoms with E-state index in [9.17, 15) is 9.18 Å². The highest BCUT2D eigenvalue weighted by Crippen LogP contribution is 2.67. The van der Waals surface area contributed by atoms with E-state index in [1.807, 2.05) is 119 Å². The lowest BCUT2D eigenvalue weighted by Crippen LogP contribution is -2.89. The maximum absolute atomic E-state index is 18.7. The molecule has 1 saturated heterocycles. The Morgan fingerprint density at radius 1 is 0.949 bits per heavy atom. The Balaban J connectivity index is 2.20. The van der Waals surface area contributed by atoms with Crippen LogP contribution in [0.3, 0.4) is 0 Å². The van der Waals surface area contributed by atoms with E-state index in [4.69, 9.17) is 11.6 Å². The Morgan fingerprint density at radius 2 is 1.46 bits per heavy atom. The molecule has 0 aliphatic carbocycles. The van der Waals surface area contributed by atoms with Crippen molar-refractivity contribution in [2.75, 3.05) is 0 Å². The Kier molecular flexibility index (Phi) is 7.97. The normalized spacial score (nSPS) is 21.2. The second-order valence-corrected chi connectivity index (χ2v) is 14.8. The summed E-state index contributed by atoms with van der Waals surface area (Å²) in [6, 6.07) is 7.97. The number of amides is 1. The van der Waals surface area contributed by atoms with E-state index in [0.717, 1.165) is 11.3 Å². The molecule has 19 heteroatoms. The molecule has 1 aliphatic heterocycles. The standard InChI is InChI=1S/C20H34B12ClF2N3O/c1-8-2-5-12(36-7-8)14(21,22)37-18(27,28)15(35)16(23,24)19(29,30)38(20(31,32)17(15,25)26)13(39)9-3-4-11(34)10(33)6-9/h2-7,37H,21-32H2,1H3. The van der Waals surface area contributed by atoms with E-state index in [1.54, 1.807) is 4.90 Å². The molecular weight excluding hydrogens is 501 g/mol. The number of alkyl halides is 1. The molecule has 39 heavy (non-hydrogen) atoms. The van der Waals surface area contributed by atoms with Gasteiger partial charge in [-0.05, 0) is 68.5 Å². The number of halogens is 3. The smallest absolute Gasteiger partial charge is 0.252 e. The first-order valence-electron chi connectivity index (χ1n) is 13.6. The monoisotopic (exact) mass is 537 g/mol. The fraction of sp³-hybridized carbons (Fsp3) is 0.400. The number of nitrogens with zero attached hydrogens (tertiary/aromatic N) is 2. The zero-order chi connectivity index (χ0) is 30.2. The first kappa shape index (κ1) is 32.2. The Hall–Kier alpha value is -1.27. The van der Waals surface area contributed by atoms with Gasteiger partial charge in [-0.2, -0.15) is 0 Å². The fourth-order valence-corrected chi connectivity index (χ4v) is 7.66. The molecule has 0 radical (unpaired) electrons. The molecule has 0 atom stereocenters. The van der Waals surface area contributed by atoms with Gasteiger partial charge in [0.25, 0.3) is 5.91 Å². The summed E-state index contributed by atoms with van der Waals surface area (Å²) in [4.78, 5) is 20.6. The van der Waals surface area contributed by atoms with Crippen molar-refractivity contribution in [3.63, 3.8) is 0 Å². The van der Waals surface area contributed by atoms with Crippen LogP contribution in [0.1, 0.15) is 21.6 Å². The number of hydrogen-bond acceptors (Lipinski definition) is 3. The molecule has 1 fully saturated rings. The molecule has 2 aromatic rings. The van der Waals surface area contributed by atoms with Gasteiger partial charge in [0.15, 0.2) is 0 Å². The number of likely N-dealkylation sites (tertiary alicyclic amines) is 1. The molecule has 2 heterocycles. The number of aryl methyl sites for hydroxylation is 1. The fourth-order valence-electron chi connectivity index (χ4n) is 7.48. The number of piperidine rings is 1. The van der Waals surface area contributed by atoms with Gasteiger partial charge in [0.1, 0.15) is 100.0 Å². The molecule has 0 spiro atoms. The van der Waals surface area contributed by atoms with E-state index in [0.29, 0.717) is 0 Å². The third kappa shape index (κ3) is 4.54. The highest BCUT2D eigenvalue weighted by Gasteiger charge is 2.75. The van der Waals surface area contributed by atoms with Crippen molar-refractivity contribution in [2.24, 2.45) is 0 Å². The first-order valence-corrected chi connectivity index (χ1v) is 14.0. The van der Waals surface area contributed by atoms with E-state index in [1.165, 1.54) is 18.2 Å². The predicted molar refractivity (Wildman–Crippen MR) is 191 cm³/mol. The van der Waals surface area contributed by atoms with Gasteiger partial charge in [0, 0.05) is 17.5 Å². The maximum atomic E-state index is 18.7. The molecule has 3 rings (SSSR count). The van der Waals surface area contributed by atoms with E-state index < -0.39 is 43.3 Å². The number of benzene rings is 1. The van der Waals surface area contributed by atoms with Crippen LogP contribution in [0, 0.1) is 12.7 Å². The van der Waals surface area contributed by atoms with Crippen LogP contribution in [-0.2, 0) is 5.34 Å². The lowest BCUT2D eigenvalue weighted by molar-refractivity contribution is -0.0359. The summed E-state index contributed by atoms with van der Waals surface area (Å²) >= 11 is 6.06. The van der Waals surface area contributed by atoms with Crippen molar-refractivity contribution >= 4 is 112 Å². The van der Waals surface area contributed by atoms with Crippen LogP contribution in [0.5, 0.6) is 0 Å². The maximum Gasteiger partial charge on any atom is 0.252 e. The van der Waals surface area contributed by atoms with Crippen LogP contribution in [0.25, 0.3) is 0 Å².